The lowest BCUT2D eigenvalue weighted by Gasteiger charge is -2.12. The molecule has 0 radical (unpaired) electrons. The molecular formula is C15H18O4. The van der Waals surface area contributed by atoms with Crippen LogP contribution in [-0.4, -0.2) is 25.5 Å². The number of carbonyl (C=O) groups excluding carboxylic acids is 2. The number of ether oxygens (including phenoxy) is 2. The lowest BCUT2D eigenvalue weighted by molar-refractivity contribution is -0.134. The van der Waals surface area contributed by atoms with E-state index >= 15 is 0 Å². The van der Waals surface area contributed by atoms with Gasteiger partial charge in [-0.05, 0) is 44.0 Å². The van der Waals surface area contributed by atoms with Gasteiger partial charge in [0.15, 0.2) is 5.78 Å². The number of rotatable bonds is 5. The average molecular weight is 262 g/mol. The first-order valence-corrected chi connectivity index (χ1v) is 6.04. The van der Waals surface area contributed by atoms with Crippen LogP contribution in [0.4, 0.5) is 0 Å². The Morgan fingerprint density at radius 2 is 1.89 bits per heavy atom. The number of ketones is 1. The van der Waals surface area contributed by atoms with Gasteiger partial charge in [-0.3, -0.25) is 4.79 Å². The quantitative estimate of drug-likeness (QED) is 0.465. The van der Waals surface area contributed by atoms with Crippen LogP contribution in [0.5, 0.6) is 5.75 Å². The summed E-state index contributed by atoms with van der Waals surface area (Å²) in [6.45, 7) is 6.13. The highest BCUT2D eigenvalue weighted by Crippen LogP contribution is 2.26. The number of aryl methyl sites for hydroxylation is 2. The van der Waals surface area contributed by atoms with Crippen molar-refractivity contribution >= 4 is 11.8 Å². The molecule has 1 aromatic carbocycles. The van der Waals surface area contributed by atoms with Crippen molar-refractivity contribution in [3.63, 3.8) is 0 Å². The zero-order valence-corrected chi connectivity index (χ0v) is 11.6. The third-order valence-corrected chi connectivity index (χ3v) is 2.55. The molecule has 0 saturated heterocycles. The lowest BCUT2D eigenvalue weighted by Crippen LogP contribution is -2.05. The number of hydrogen-bond donors (Lipinski definition) is 0. The van der Waals surface area contributed by atoms with Crippen LogP contribution >= 0.6 is 0 Å². The Bertz CT molecular complexity index is 515. The van der Waals surface area contributed by atoms with Crippen molar-refractivity contribution in [1.29, 1.82) is 0 Å². The maximum atomic E-state index is 12.1. The van der Waals surface area contributed by atoms with Crippen LogP contribution in [0.1, 0.15) is 28.4 Å². The van der Waals surface area contributed by atoms with Crippen molar-refractivity contribution in [3.05, 3.63) is 41.0 Å². The van der Waals surface area contributed by atoms with Gasteiger partial charge >= 0.3 is 5.97 Å². The van der Waals surface area contributed by atoms with Crippen LogP contribution in [0.15, 0.2) is 24.3 Å². The van der Waals surface area contributed by atoms with E-state index in [1.54, 1.807) is 6.07 Å². The van der Waals surface area contributed by atoms with Crippen molar-refractivity contribution < 1.29 is 19.1 Å². The first-order valence-electron chi connectivity index (χ1n) is 6.04. The van der Waals surface area contributed by atoms with Gasteiger partial charge < -0.3 is 9.47 Å². The number of benzene rings is 1. The second kappa shape index (κ2) is 6.73. The molecule has 4 heteroatoms. The molecule has 0 aromatic heterocycles. The van der Waals surface area contributed by atoms with Gasteiger partial charge in [0.2, 0.25) is 0 Å². The largest absolute Gasteiger partial charge is 0.493 e. The van der Waals surface area contributed by atoms with Crippen LogP contribution < -0.4 is 4.74 Å². The first kappa shape index (κ1) is 15.0. The SMILES string of the molecule is CCOc1c(C)cc(C)cc1C(=O)/C=C/C(=O)OC. The Hall–Kier alpha value is -2.10. The third-order valence-electron chi connectivity index (χ3n) is 2.55. The van der Waals surface area contributed by atoms with Gasteiger partial charge in [-0.15, -0.1) is 0 Å². The van der Waals surface area contributed by atoms with Crippen molar-refractivity contribution in [2.75, 3.05) is 13.7 Å². The Balaban J connectivity index is 3.14. The zero-order chi connectivity index (χ0) is 14.4. The van der Waals surface area contributed by atoms with Gasteiger partial charge in [-0.25, -0.2) is 4.79 Å². The molecule has 0 unspecified atom stereocenters. The van der Waals surface area contributed by atoms with E-state index in [0.717, 1.165) is 17.2 Å². The maximum Gasteiger partial charge on any atom is 0.330 e. The van der Waals surface area contributed by atoms with E-state index in [1.165, 1.54) is 13.2 Å². The van der Waals surface area contributed by atoms with Crippen molar-refractivity contribution in [2.24, 2.45) is 0 Å². The molecule has 4 nitrogen and oxygen atoms in total. The summed E-state index contributed by atoms with van der Waals surface area (Å²) in [6, 6.07) is 3.70. The molecule has 0 atom stereocenters. The smallest absolute Gasteiger partial charge is 0.330 e. The van der Waals surface area contributed by atoms with Gasteiger partial charge in [0.05, 0.1) is 19.3 Å². The minimum absolute atomic E-state index is 0.277. The summed E-state index contributed by atoms with van der Waals surface area (Å²) < 4.78 is 9.96. The van der Waals surface area contributed by atoms with Gasteiger partial charge in [0.25, 0.3) is 0 Å². The van der Waals surface area contributed by atoms with Crippen molar-refractivity contribution in [1.82, 2.24) is 0 Å². The fourth-order valence-corrected chi connectivity index (χ4v) is 1.77. The molecule has 102 valence electrons. The molecule has 1 aromatic rings. The summed E-state index contributed by atoms with van der Waals surface area (Å²) >= 11 is 0. The number of methoxy groups -OCH3 is 1. The van der Waals surface area contributed by atoms with E-state index in [-0.39, 0.29) is 5.78 Å². The molecule has 0 aliphatic heterocycles. The van der Waals surface area contributed by atoms with Gasteiger partial charge in [-0.1, -0.05) is 6.07 Å². The predicted molar refractivity (Wildman–Crippen MR) is 72.6 cm³/mol. The Labute approximate surface area is 113 Å². The normalized spacial score (nSPS) is 10.5. The van der Waals surface area contributed by atoms with Gasteiger partial charge in [-0.2, -0.15) is 0 Å². The Kier molecular flexibility index (Phi) is 5.30. The van der Waals surface area contributed by atoms with Gasteiger partial charge in [0, 0.05) is 6.08 Å². The summed E-state index contributed by atoms with van der Waals surface area (Å²) in [6.07, 6.45) is 2.30. The molecule has 0 amide bonds. The van der Waals surface area contributed by atoms with Crippen LogP contribution in [-0.2, 0) is 9.53 Å². The molecule has 19 heavy (non-hydrogen) atoms. The number of esters is 1. The highest BCUT2D eigenvalue weighted by atomic mass is 16.5. The van der Waals surface area contributed by atoms with E-state index in [0.29, 0.717) is 17.9 Å². The zero-order valence-electron chi connectivity index (χ0n) is 11.6. The molecule has 1 rings (SSSR count). The summed E-state index contributed by atoms with van der Waals surface area (Å²) in [4.78, 5) is 23.1. The fraction of sp³-hybridized carbons (Fsp3) is 0.333. The van der Waals surface area contributed by atoms with Crippen LogP contribution in [0.25, 0.3) is 0 Å². The molecule has 0 N–H and O–H groups in total. The van der Waals surface area contributed by atoms with E-state index in [9.17, 15) is 9.59 Å². The highest BCUT2D eigenvalue weighted by Gasteiger charge is 2.13. The standard InChI is InChI=1S/C15H18O4/c1-5-19-15-11(3)8-10(2)9-12(15)13(16)6-7-14(17)18-4/h6-9H,5H2,1-4H3/b7-6+. The summed E-state index contributed by atoms with van der Waals surface area (Å²) in [7, 11) is 1.26. The van der Waals surface area contributed by atoms with E-state index < -0.39 is 5.97 Å². The monoisotopic (exact) mass is 262 g/mol. The lowest BCUT2D eigenvalue weighted by atomic mass is 10.0. The minimum atomic E-state index is -0.560. The molecular weight excluding hydrogens is 244 g/mol. The van der Waals surface area contributed by atoms with E-state index in [4.69, 9.17) is 4.74 Å². The Morgan fingerprint density at radius 3 is 2.47 bits per heavy atom. The molecule has 0 aliphatic carbocycles. The van der Waals surface area contributed by atoms with Crippen LogP contribution in [0, 0.1) is 13.8 Å². The third kappa shape index (κ3) is 3.95. The number of carbonyl (C=O) groups is 2. The van der Waals surface area contributed by atoms with Crippen molar-refractivity contribution in [2.45, 2.75) is 20.8 Å². The molecule has 0 spiro atoms. The topological polar surface area (TPSA) is 52.6 Å². The summed E-state index contributed by atoms with van der Waals surface area (Å²) in [5.74, 6) is -0.274. The average Bonchev–Trinajstić information content (AvgIpc) is 2.38. The number of hydrogen-bond acceptors (Lipinski definition) is 4. The highest BCUT2D eigenvalue weighted by molar-refractivity contribution is 6.09. The van der Waals surface area contributed by atoms with Gasteiger partial charge in [0.1, 0.15) is 5.75 Å². The molecule has 0 aliphatic rings. The fourth-order valence-electron chi connectivity index (χ4n) is 1.77. The predicted octanol–water partition coefficient (Wildman–Crippen LogP) is 2.61. The minimum Gasteiger partial charge on any atom is -0.493 e. The van der Waals surface area contributed by atoms with E-state index in [1.807, 2.05) is 26.8 Å². The summed E-state index contributed by atoms with van der Waals surface area (Å²) in [5, 5.41) is 0. The Morgan fingerprint density at radius 1 is 1.21 bits per heavy atom. The molecule has 0 heterocycles. The van der Waals surface area contributed by atoms with E-state index in [2.05, 4.69) is 4.74 Å². The maximum absolute atomic E-state index is 12.1. The molecule has 0 saturated carbocycles. The number of allylic oxidation sites excluding steroid dienone is 1. The molecule has 0 bridgehead atoms. The second-order valence-electron chi connectivity index (χ2n) is 4.11. The van der Waals surface area contributed by atoms with Crippen LogP contribution in [0.3, 0.4) is 0 Å². The van der Waals surface area contributed by atoms with Crippen molar-refractivity contribution in [3.8, 4) is 5.75 Å². The molecule has 0 fully saturated rings. The first-order chi connectivity index (χ1) is 8.99. The second-order valence-corrected chi connectivity index (χ2v) is 4.11. The van der Waals surface area contributed by atoms with Crippen LogP contribution in [0.2, 0.25) is 0 Å². The summed E-state index contributed by atoms with van der Waals surface area (Å²) in [5.41, 5.74) is 2.33.